The van der Waals surface area contributed by atoms with Crippen molar-refractivity contribution in [3.63, 3.8) is 0 Å². The summed E-state index contributed by atoms with van der Waals surface area (Å²) in [6, 6.07) is 19.5. The van der Waals surface area contributed by atoms with Crippen LogP contribution in [0.5, 0.6) is 5.75 Å². The molecule has 0 spiro atoms. The first kappa shape index (κ1) is 18.5. The summed E-state index contributed by atoms with van der Waals surface area (Å²) in [5.41, 5.74) is 0.150. The minimum Gasteiger partial charge on any atom is -0.507 e. The second kappa shape index (κ2) is 7.98. The average Bonchev–Trinajstić information content (AvgIpc) is 2.73. The highest BCUT2D eigenvalue weighted by Crippen LogP contribution is 2.22. The molecule has 136 valence electrons. The van der Waals surface area contributed by atoms with Crippen LogP contribution in [0.15, 0.2) is 72.8 Å². The van der Waals surface area contributed by atoms with Gasteiger partial charge < -0.3 is 9.84 Å². The van der Waals surface area contributed by atoms with Gasteiger partial charge in [-0.25, -0.2) is 9.59 Å². The number of carbonyl (C=O) groups is 3. The summed E-state index contributed by atoms with van der Waals surface area (Å²) >= 11 is 0. The monoisotopic (exact) mass is 371 g/mol. The topological polar surface area (TPSA) is 104 Å². The zero-order valence-corrected chi connectivity index (χ0v) is 14.5. The summed E-state index contributed by atoms with van der Waals surface area (Å²) in [4.78, 5) is 37.1. The number of phenolic OH excluding ortho intramolecular Hbond substituents is 1. The molecule has 6 nitrogen and oxygen atoms in total. The van der Waals surface area contributed by atoms with Crippen molar-refractivity contribution in [1.29, 1.82) is 5.26 Å². The van der Waals surface area contributed by atoms with Crippen molar-refractivity contribution < 1.29 is 24.2 Å². The first-order valence-electron chi connectivity index (χ1n) is 8.19. The van der Waals surface area contributed by atoms with E-state index in [9.17, 15) is 24.8 Å². The lowest BCUT2D eigenvalue weighted by Gasteiger charge is -2.07. The van der Waals surface area contributed by atoms with E-state index in [1.54, 1.807) is 30.3 Å². The Kier molecular flexibility index (Phi) is 5.28. The fourth-order valence-corrected chi connectivity index (χ4v) is 2.54. The van der Waals surface area contributed by atoms with Gasteiger partial charge in [0.1, 0.15) is 5.75 Å². The average molecular weight is 371 g/mol. The number of ketones is 1. The van der Waals surface area contributed by atoms with Crippen molar-refractivity contribution in [1.82, 2.24) is 0 Å². The maximum Gasteiger partial charge on any atom is 0.346 e. The van der Waals surface area contributed by atoms with Gasteiger partial charge in [-0.15, -0.1) is 0 Å². The second-order valence-electron chi connectivity index (χ2n) is 5.80. The Labute approximate surface area is 160 Å². The van der Waals surface area contributed by atoms with E-state index >= 15 is 0 Å². The number of nitriles is 1. The molecule has 3 rings (SSSR count). The molecule has 0 radical (unpaired) electrons. The van der Waals surface area contributed by atoms with Crippen LogP contribution in [-0.4, -0.2) is 22.8 Å². The molecule has 1 N–H and O–H groups in total. The Morgan fingerprint density at radius 3 is 2.07 bits per heavy atom. The molecule has 0 aliphatic heterocycles. The first-order chi connectivity index (χ1) is 13.5. The Hall–Kier alpha value is -4.24. The van der Waals surface area contributed by atoms with Crippen LogP contribution in [0.2, 0.25) is 0 Å². The van der Waals surface area contributed by atoms with Crippen LogP contribution in [-0.2, 0) is 4.74 Å². The lowest BCUT2D eigenvalue weighted by atomic mass is 9.98. The van der Waals surface area contributed by atoms with Gasteiger partial charge in [-0.2, -0.15) is 5.26 Å². The summed E-state index contributed by atoms with van der Waals surface area (Å²) in [6.07, 6.45) is 0. The van der Waals surface area contributed by atoms with Gasteiger partial charge in [0, 0.05) is 5.56 Å². The standard InChI is InChI=1S/C22H13NO5/c23-13-14-10-16(20(25)18-8-4-5-9-19(18)24)12-17(11-14)22(27)28-21(26)15-6-2-1-3-7-15/h1-12,24H. The van der Waals surface area contributed by atoms with Gasteiger partial charge in [-0.1, -0.05) is 30.3 Å². The summed E-state index contributed by atoms with van der Waals surface area (Å²) in [6.45, 7) is 0. The highest BCUT2D eigenvalue weighted by Gasteiger charge is 2.20. The van der Waals surface area contributed by atoms with Gasteiger partial charge in [0.05, 0.1) is 28.3 Å². The molecule has 0 aromatic heterocycles. The van der Waals surface area contributed by atoms with E-state index in [0.29, 0.717) is 0 Å². The molecule has 0 fully saturated rings. The number of esters is 2. The molecule has 0 unspecified atom stereocenters. The number of aromatic hydroxyl groups is 1. The number of hydrogen-bond acceptors (Lipinski definition) is 6. The van der Waals surface area contributed by atoms with Crippen LogP contribution in [0.1, 0.15) is 42.2 Å². The maximum absolute atomic E-state index is 12.7. The molecule has 0 saturated heterocycles. The summed E-state index contributed by atoms with van der Waals surface area (Å²) in [7, 11) is 0. The highest BCUT2D eigenvalue weighted by atomic mass is 16.6. The third-order valence-corrected chi connectivity index (χ3v) is 3.90. The SMILES string of the molecule is N#Cc1cc(C(=O)OC(=O)c2ccccc2)cc(C(=O)c2ccccc2O)c1. The van der Waals surface area contributed by atoms with E-state index in [1.807, 2.05) is 6.07 Å². The number of ether oxygens (including phenoxy) is 1. The van der Waals surface area contributed by atoms with Crippen LogP contribution < -0.4 is 0 Å². The molecular formula is C22H13NO5. The number of para-hydroxylation sites is 1. The van der Waals surface area contributed by atoms with Crippen molar-refractivity contribution in [2.24, 2.45) is 0 Å². The molecule has 3 aromatic rings. The van der Waals surface area contributed by atoms with Crippen LogP contribution in [0.3, 0.4) is 0 Å². The highest BCUT2D eigenvalue weighted by molar-refractivity contribution is 6.12. The third-order valence-electron chi connectivity index (χ3n) is 3.90. The van der Waals surface area contributed by atoms with Crippen LogP contribution in [0.4, 0.5) is 0 Å². The van der Waals surface area contributed by atoms with E-state index in [1.165, 1.54) is 42.5 Å². The zero-order chi connectivity index (χ0) is 20.1. The number of carbonyl (C=O) groups excluding carboxylic acids is 3. The number of phenols is 1. The van der Waals surface area contributed by atoms with Gasteiger partial charge in [-0.3, -0.25) is 4.79 Å². The van der Waals surface area contributed by atoms with Gasteiger partial charge in [0.25, 0.3) is 0 Å². The molecule has 0 aliphatic carbocycles. The van der Waals surface area contributed by atoms with Gasteiger partial charge in [0.2, 0.25) is 0 Å². The minimum absolute atomic E-state index is 0.0136. The molecule has 28 heavy (non-hydrogen) atoms. The van der Waals surface area contributed by atoms with E-state index in [2.05, 4.69) is 0 Å². The molecular weight excluding hydrogens is 358 g/mol. The quantitative estimate of drug-likeness (QED) is 0.428. The molecule has 3 aromatic carbocycles. The van der Waals surface area contributed by atoms with E-state index in [0.717, 1.165) is 0 Å². The Morgan fingerprint density at radius 1 is 0.786 bits per heavy atom. The molecule has 0 heterocycles. The van der Waals surface area contributed by atoms with Crippen LogP contribution in [0, 0.1) is 11.3 Å². The third kappa shape index (κ3) is 3.94. The normalized spacial score (nSPS) is 9.96. The van der Waals surface area contributed by atoms with Crippen molar-refractivity contribution in [2.45, 2.75) is 0 Å². The predicted octanol–water partition coefficient (Wildman–Crippen LogP) is 3.49. The molecule has 0 saturated carbocycles. The first-order valence-corrected chi connectivity index (χ1v) is 8.19. The summed E-state index contributed by atoms with van der Waals surface area (Å²) < 4.78 is 4.84. The van der Waals surface area contributed by atoms with Gasteiger partial charge >= 0.3 is 11.9 Å². The lowest BCUT2D eigenvalue weighted by Crippen LogP contribution is -2.14. The lowest BCUT2D eigenvalue weighted by molar-refractivity contribution is 0.0397. The largest absolute Gasteiger partial charge is 0.507 e. The Bertz CT molecular complexity index is 1110. The second-order valence-corrected chi connectivity index (χ2v) is 5.80. The molecule has 0 amide bonds. The predicted molar refractivity (Wildman–Crippen MR) is 98.9 cm³/mol. The Balaban J connectivity index is 1.92. The number of rotatable bonds is 4. The molecule has 0 aliphatic rings. The molecule has 0 atom stereocenters. The van der Waals surface area contributed by atoms with E-state index in [-0.39, 0.29) is 33.6 Å². The van der Waals surface area contributed by atoms with E-state index < -0.39 is 17.7 Å². The minimum atomic E-state index is -0.989. The molecule has 6 heteroatoms. The fraction of sp³-hybridized carbons (Fsp3) is 0. The van der Waals surface area contributed by atoms with Gasteiger partial charge in [-0.05, 0) is 42.5 Å². The van der Waals surface area contributed by atoms with Crippen molar-refractivity contribution in [3.05, 3.63) is 101 Å². The molecule has 0 bridgehead atoms. The van der Waals surface area contributed by atoms with Crippen LogP contribution >= 0.6 is 0 Å². The smallest absolute Gasteiger partial charge is 0.346 e. The van der Waals surface area contributed by atoms with E-state index in [4.69, 9.17) is 4.74 Å². The summed E-state index contributed by atoms with van der Waals surface area (Å²) in [5, 5.41) is 19.1. The summed E-state index contributed by atoms with van der Waals surface area (Å²) in [5.74, 6) is -2.63. The number of nitrogens with zero attached hydrogens (tertiary/aromatic N) is 1. The van der Waals surface area contributed by atoms with Gasteiger partial charge in [0.15, 0.2) is 5.78 Å². The fourth-order valence-electron chi connectivity index (χ4n) is 2.54. The zero-order valence-electron chi connectivity index (χ0n) is 14.5. The Morgan fingerprint density at radius 2 is 1.39 bits per heavy atom. The number of hydrogen-bond donors (Lipinski definition) is 1. The van der Waals surface area contributed by atoms with Crippen LogP contribution in [0.25, 0.3) is 0 Å². The van der Waals surface area contributed by atoms with Crippen molar-refractivity contribution in [2.75, 3.05) is 0 Å². The number of benzene rings is 3. The maximum atomic E-state index is 12.7. The van der Waals surface area contributed by atoms with Crippen molar-refractivity contribution >= 4 is 17.7 Å². The van der Waals surface area contributed by atoms with Crippen molar-refractivity contribution in [3.8, 4) is 11.8 Å².